The average Bonchev–Trinajstić information content (AvgIpc) is 2.29. The van der Waals surface area contributed by atoms with Crippen molar-refractivity contribution in [1.29, 1.82) is 0 Å². The van der Waals surface area contributed by atoms with Crippen LogP contribution < -0.4 is 10.1 Å². The van der Waals surface area contributed by atoms with Crippen LogP contribution >= 0.6 is 15.9 Å². The molecule has 1 rings (SSSR count). The van der Waals surface area contributed by atoms with E-state index < -0.39 is 0 Å². The van der Waals surface area contributed by atoms with Crippen LogP contribution in [0.4, 0.5) is 4.39 Å². The van der Waals surface area contributed by atoms with Gasteiger partial charge in [-0.2, -0.15) is 0 Å². The van der Waals surface area contributed by atoms with E-state index in [2.05, 4.69) is 28.2 Å². The predicted molar refractivity (Wildman–Crippen MR) is 72.0 cm³/mol. The molecule has 0 aliphatic heterocycles. The monoisotopic (exact) mass is 303 g/mol. The molecule has 0 aliphatic carbocycles. The summed E-state index contributed by atoms with van der Waals surface area (Å²) in [4.78, 5) is 0. The predicted octanol–water partition coefficient (Wildman–Crippen LogP) is 3.75. The maximum atomic E-state index is 13.6. The molecule has 4 heteroatoms. The molecule has 0 saturated heterocycles. The molecule has 2 nitrogen and oxygen atoms in total. The lowest BCUT2D eigenvalue weighted by Crippen LogP contribution is -2.31. The maximum Gasteiger partial charge on any atom is 0.166 e. The van der Waals surface area contributed by atoms with Crippen molar-refractivity contribution in [2.24, 2.45) is 0 Å². The Hall–Kier alpha value is -0.610. The first-order valence-corrected chi connectivity index (χ1v) is 6.79. The minimum absolute atomic E-state index is 0.0237. The number of hydrogen-bond donors (Lipinski definition) is 1. The number of hydrogen-bond acceptors (Lipinski definition) is 2. The quantitative estimate of drug-likeness (QED) is 0.828. The van der Waals surface area contributed by atoms with Gasteiger partial charge in [0.05, 0.1) is 0 Å². The zero-order valence-corrected chi connectivity index (χ0v) is 11.9. The van der Waals surface area contributed by atoms with Gasteiger partial charge in [0.15, 0.2) is 11.6 Å². The summed E-state index contributed by atoms with van der Waals surface area (Å²) in [7, 11) is 0. The highest BCUT2D eigenvalue weighted by Gasteiger charge is 2.12. The molecule has 1 N–H and O–H groups in total. The van der Waals surface area contributed by atoms with Crippen LogP contribution in [0.5, 0.6) is 5.75 Å². The standard InChI is InChI=1S/C13H19BrFNO/c1-3-5-11(9-16-4-2)17-13-7-6-10(14)8-12(13)15/h6-8,11,16H,3-5,9H2,1-2H3. The second-order valence-electron chi connectivity index (χ2n) is 3.91. The largest absolute Gasteiger partial charge is 0.486 e. The Morgan fingerprint density at radius 2 is 2.18 bits per heavy atom. The summed E-state index contributed by atoms with van der Waals surface area (Å²) in [5, 5.41) is 3.23. The summed E-state index contributed by atoms with van der Waals surface area (Å²) in [6.45, 7) is 5.79. The van der Waals surface area contributed by atoms with Crippen molar-refractivity contribution in [3.8, 4) is 5.75 Å². The van der Waals surface area contributed by atoms with Crippen LogP contribution in [0.25, 0.3) is 0 Å². The maximum absolute atomic E-state index is 13.6. The lowest BCUT2D eigenvalue weighted by molar-refractivity contribution is 0.179. The van der Waals surface area contributed by atoms with Gasteiger partial charge in [0.2, 0.25) is 0 Å². The SMILES string of the molecule is CCCC(CNCC)Oc1ccc(Br)cc1F. The Morgan fingerprint density at radius 1 is 1.41 bits per heavy atom. The van der Waals surface area contributed by atoms with Crippen LogP contribution in [-0.2, 0) is 0 Å². The van der Waals surface area contributed by atoms with E-state index >= 15 is 0 Å². The Labute approximate surface area is 111 Å². The fourth-order valence-corrected chi connectivity index (χ4v) is 1.91. The molecule has 17 heavy (non-hydrogen) atoms. The van der Waals surface area contributed by atoms with Crippen LogP contribution in [0.1, 0.15) is 26.7 Å². The lowest BCUT2D eigenvalue weighted by Gasteiger charge is -2.19. The normalized spacial score (nSPS) is 12.5. The molecule has 1 aromatic carbocycles. The van der Waals surface area contributed by atoms with Crippen molar-refractivity contribution in [3.63, 3.8) is 0 Å². The first-order valence-electron chi connectivity index (χ1n) is 5.99. The number of halogens is 2. The highest BCUT2D eigenvalue weighted by Crippen LogP contribution is 2.23. The summed E-state index contributed by atoms with van der Waals surface area (Å²) >= 11 is 3.23. The summed E-state index contributed by atoms with van der Waals surface area (Å²) < 4.78 is 20.0. The molecular formula is C13H19BrFNO. The summed E-state index contributed by atoms with van der Waals surface area (Å²) in [5.74, 6) is 0.00142. The van der Waals surface area contributed by atoms with Crippen LogP contribution in [0.15, 0.2) is 22.7 Å². The first-order chi connectivity index (χ1) is 8.17. The molecular weight excluding hydrogens is 285 g/mol. The van der Waals surface area contributed by atoms with E-state index in [1.807, 2.05) is 6.92 Å². The molecule has 0 spiro atoms. The first kappa shape index (κ1) is 14.5. The molecule has 0 aliphatic rings. The summed E-state index contributed by atoms with van der Waals surface area (Å²) in [6.07, 6.45) is 1.96. The van der Waals surface area contributed by atoms with Gasteiger partial charge in [-0.1, -0.05) is 36.2 Å². The average molecular weight is 304 g/mol. The topological polar surface area (TPSA) is 21.3 Å². The molecule has 1 aromatic rings. The third-order valence-electron chi connectivity index (χ3n) is 2.42. The van der Waals surface area contributed by atoms with E-state index in [0.717, 1.165) is 30.4 Å². The fraction of sp³-hybridized carbons (Fsp3) is 0.538. The van der Waals surface area contributed by atoms with Crippen LogP contribution in [0.2, 0.25) is 0 Å². The highest BCUT2D eigenvalue weighted by molar-refractivity contribution is 9.10. The van der Waals surface area contributed by atoms with Gasteiger partial charge in [-0.3, -0.25) is 0 Å². The Kier molecular flexibility index (Phi) is 6.52. The third-order valence-corrected chi connectivity index (χ3v) is 2.91. The fourth-order valence-electron chi connectivity index (χ4n) is 1.58. The van der Waals surface area contributed by atoms with E-state index in [4.69, 9.17) is 4.74 Å². The lowest BCUT2D eigenvalue weighted by atomic mass is 10.2. The van der Waals surface area contributed by atoms with Crippen LogP contribution in [0, 0.1) is 5.82 Å². The molecule has 96 valence electrons. The summed E-state index contributed by atoms with van der Waals surface area (Å²) in [6, 6.07) is 4.87. The van der Waals surface area contributed by atoms with Crippen molar-refractivity contribution in [2.75, 3.05) is 13.1 Å². The van der Waals surface area contributed by atoms with E-state index in [1.54, 1.807) is 12.1 Å². The van der Waals surface area contributed by atoms with E-state index in [9.17, 15) is 4.39 Å². The molecule has 0 bridgehead atoms. The number of ether oxygens (including phenoxy) is 1. The Balaban J connectivity index is 2.64. The Bertz CT molecular complexity index is 346. The van der Waals surface area contributed by atoms with Gasteiger partial charge in [0.1, 0.15) is 6.10 Å². The van der Waals surface area contributed by atoms with E-state index in [1.165, 1.54) is 6.07 Å². The summed E-state index contributed by atoms with van der Waals surface area (Å²) in [5.41, 5.74) is 0. The highest BCUT2D eigenvalue weighted by atomic mass is 79.9. The molecule has 0 heterocycles. The number of benzene rings is 1. The zero-order valence-electron chi connectivity index (χ0n) is 10.3. The number of rotatable bonds is 7. The van der Waals surface area contributed by atoms with Crippen molar-refractivity contribution >= 4 is 15.9 Å². The molecule has 0 fully saturated rings. The third kappa shape index (κ3) is 5.04. The van der Waals surface area contributed by atoms with E-state index in [-0.39, 0.29) is 11.9 Å². The van der Waals surface area contributed by atoms with Crippen molar-refractivity contribution < 1.29 is 9.13 Å². The van der Waals surface area contributed by atoms with Crippen molar-refractivity contribution in [1.82, 2.24) is 5.32 Å². The Morgan fingerprint density at radius 3 is 2.76 bits per heavy atom. The zero-order chi connectivity index (χ0) is 12.7. The van der Waals surface area contributed by atoms with Crippen LogP contribution in [-0.4, -0.2) is 19.2 Å². The van der Waals surface area contributed by atoms with Gasteiger partial charge < -0.3 is 10.1 Å². The molecule has 0 saturated carbocycles. The van der Waals surface area contributed by atoms with Gasteiger partial charge >= 0.3 is 0 Å². The molecule has 1 atom stereocenters. The van der Waals surface area contributed by atoms with E-state index in [0.29, 0.717) is 5.75 Å². The minimum atomic E-state index is -0.322. The van der Waals surface area contributed by atoms with Gasteiger partial charge in [-0.25, -0.2) is 4.39 Å². The smallest absolute Gasteiger partial charge is 0.166 e. The van der Waals surface area contributed by atoms with Crippen molar-refractivity contribution in [2.45, 2.75) is 32.8 Å². The molecule has 0 aromatic heterocycles. The second-order valence-corrected chi connectivity index (χ2v) is 4.83. The molecule has 1 unspecified atom stereocenters. The second kappa shape index (κ2) is 7.67. The molecule has 0 radical (unpaired) electrons. The van der Waals surface area contributed by atoms with Gasteiger partial charge in [-0.15, -0.1) is 0 Å². The number of likely N-dealkylation sites (N-methyl/N-ethyl adjacent to an activating group) is 1. The molecule has 0 amide bonds. The van der Waals surface area contributed by atoms with Gasteiger partial charge in [0.25, 0.3) is 0 Å². The van der Waals surface area contributed by atoms with Gasteiger partial charge in [0, 0.05) is 11.0 Å². The minimum Gasteiger partial charge on any atom is -0.486 e. The van der Waals surface area contributed by atoms with Crippen LogP contribution in [0.3, 0.4) is 0 Å². The van der Waals surface area contributed by atoms with Gasteiger partial charge in [-0.05, 0) is 31.2 Å². The van der Waals surface area contributed by atoms with Crippen molar-refractivity contribution in [3.05, 3.63) is 28.5 Å². The number of nitrogens with one attached hydrogen (secondary N) is 1.